The average molecular weight is 268 g/mol. The molecule has 18 heavy (non-hydrogen) atoms. The van der Waals surface area contributed by atoms with E-state index in [-0.39, 0.29) is 22.0 Å². The molecular formula is C12H11ClFN3O. The van der Waals surface area contributed by atoms with Crippen LogP contribution in [0.2, 0.25) is 5.02 Å². The Balaban J connectivity index is 2.55. The summed E-state index contributed by atoms with van der Waals surface area (Å²) < 4.78 is 14.8. The summed E-state index contributed by atoms with van der Waals surface area (Å²) in [6, 6.07) is 4.09. The van der Waals surface area contributed by atoms with Crippen molar-refractivity contribution in [2.75, 3.05) is 5.73 Å². The van der Waals surface area contributed by atoms with Crippen molar-refractivity contribution >= 4 is 23.1 Å². The van der Waals surface area contributed by atoms with E-state index in [0.717, 1.165) is 0 Å². The molecule has 94 valence electrons. The molecule has 0 saturated carbocycles. The summed E-state index contributed by atoms with van der Waals surface area (Å²) in [6.07, 6.45) is 1.38. The fourth-order valence-electron chi connectivity index (χ4n) is 1.69. The minimum atomic E-state index is -0.625. The normalized spacial score (nSPS) is 10.6. The lowest BCUT2D eigenvalue weighted by Crippen LogP contribution is -2.13. The Kier molecular flexibility index (Phi) is 3.34. The minimum absolute atomic E-state index is 0.0899. The van der Waals surface area contributed by atoms with Gasteiger partial charge in [0.15, 0.2) is 0 Å². The zero-order chi connectivity index (χ0) is 13.3. The number of anilines is 1. The third-order valence-electron chi connectivity index (χ3n) is 2.61. The topological polar surface area (TPSA) is 60.9 Å². The molecule has 1 aromatic carbocycles. The minimum Gasteiger partial charge on any atom is -0.396 e. The van der Waals surface area contributed by atoms with Gasteiger partial charge in [0, 0.05) is 6.54 Å². The summed E-state index contributed by atoms with van der Waals surface area (Å²) in [5.74, 6) is -1.06. The molecule has 0 radical (unpaired) electrons. The van der Waals surface area contributed by atoms with Crippen LogP contribution in [0, 0.1) is 5.82 Å². The van der Waals surface area contributed by atoms with Crippen LogP contribution >= 0.6 is 11.6 Å². The van der Waals surface area contributed by atoms with E-state index in [0.29, 0.717) is 6.54 Å². The number of hydrogen-bond acceptors (Lipinski definition) is 3. The van der Waals surface area contributed by atoms with Crippen LogP contribution in [0.25, 0.3) is 0 Å². The first kappa shape index (κ1) is 12.6. The molecule has 0 fully saturated rings. The Morgan fingerprint density at radius 2 is 2.28 bits per heavy atom. The molecule has 6 heteroatoms. The van der Waals surface area contributed by atoms with Crippen LogP contribution < -0.4 is 5.73 Å². The van der Waals surface area contributed by atoms with E-state index in [1.807, 2.05) is 6.92 Å². The van der Waals surface area contributed by atoms with E-state index in [1.165, 1.54) is 29.1 Å². The maximum absolute atomic E-state index is 13.3. The fourth-order valence-corrected chi connectivity index (χ4v) is 1.92. The molecule has 0 bridgehead atoms. The predicted molar refractivity (Wildman–Crippen MR) is 67.2 cm³/mol. The van der Waals surface area contributed by atoms with Crippen molar-refractivity contribution in [2.45, 2.75) is 13.5 Å². The molecule has 1 heterocycles. The number of aryl methyl sites for hydroxylation is 1. The molecule has 1 aromatic heterocycles. The molecule has 2 rings (SSSR count). The van der Waals surface area contributed by atoms with E-state index in [9.17, 15) is 9.18 Å². The van der Waals surface area contributed by atoms with Crippen LogP contribution in [0.4, 0.5) is 10.1 Å². The molecule has 0 aliphatic carbocycles. The lowest BCUT2D eigenvalue weighted by atomic mass is 10.1. The summed E-state index contributed by atoms with van der Waals surface area (Å²) in [5.41, 5.74) is 5.69. The number of para-hydroxylation sites is 1. The van der Waals surface area contributed by atoms with Gasteiger partial charge in [0.25, 0.3) is 0 Å². The van der Waals surface area contributed by atoms with E-state index in [4.69, 9.17) is 17.3 Å². The maximum Gasteiger partial charge on any atom is 0.214 e. The lowest BCUT2D eigenvalue weighted by Gasteiger charge is -2.07. The second-order valence-electron chi connectivity index (χ2n) is 3.69. The number of nitrogen functional groups attached to an aromatic ring is 1. The molecule has 0 aliphatic heterocycles. The van der Waals surface area contributed by atoms with Gasteiger partial charge in [-0.1, -0.05) is 17.7 Å². The van der Waals surface area contributed by atoms with Gasteiger partial charge < -0.3 is 5.73 Å². The van der Waals surface area contributed by atoms with Crippen LogP contribution in [0.5, 0.6) is 0 Å². The number of carbonyl (C=O) groups excluding carboxylic acids is 1. The molecule has 2 aromatic rings. The van der Waals surface area contributed by atoms with E-state index >= 15 is 0 Å². The van der Waals surface area contributed by atoms with E-state index < -0.39 is 11.6 Å². The zero-order valence-corrected chi connectivity index (χ0v) is 10.4. The number of rotatable bonds is 3. The van der Waals surface area contributed by atoms with Gasteiger partial charge in [-0.3, -0.25) is 9.48 Å². The van der Waals surface area contributed by atoms with Crippen LogP contribution in [0.1, 0.15) is 23.0 Å². The smallest absolute Gasteiger partial charge is 0.214 e. The molecule has 0 spiro atoms. The first-order valence-corrected chi connectivity index (χ1v) is 5.74. The predicted octanol–water partition coefficient (Wildman–Crippen LogP) is 2.51. The third-order valence-corrected chi connectivity index (χ3v) is 2.88. The van der Waals surface area contributed by atoms with Gasteiger partial charge >= 0.3 is 0 Å². The highest BCUT2D eigenvalue weighted by molar-refractivity contribution is 6.34. The van der Waals surface area contributed by atoms with E-state index in [2.05, 4.69) is 5.10 Å². The average Bonchev–Trinajstić information content (AvgIpc) is 2.73. The van der Waals surface area contributed by atoms with Crippen molar-refractivity contribution in [1.82, 2.24) is 9.78 Å². The van der Waals surface area contributed by atoms with Crippen LogP contribution in [0.3, 0.4) is 0 Å². The highest BCUT2D eigenvalue weighted by Gasteiger charge is 2.21. The summed E-state index contributed by atoms with van der Waals surface area (Å²) >= 11 is 5.92. The maximum atomic E-state index is 13.3. The molecular weight excluding hydrogens is 257 g/mol. The number of carbonyl (C=O) groups is 1. The summed E-state index contributed by atoms with van der Waals surface area (Å²) in [7, 11) is 0. The number of halogens is 2. The molecule has 4 nitrogen and oxygen atoms in total. The number of aromatic nitrogens is 2. The molecule has 0 atom stereocenters. The Hall–Kier alpha value is -1.88. The third kappa shape index (κ3) is 1.97. The van der Waals surface area contributed by atoms with Crippen molar-refractivity contribution < 1.29 is 9.18 Å². The Morgan fingerprint density at radius 1 is 1.56 bits per heavy atom. The van der Waals surface area contributed by atoms with Gasteiger partial charge in [-0.05, 0) is 19.1 Å². The standard InChI is InChI=1S/C12H11ClFN3O/c1-2-17-11(8(13)6-16-17)12(18)7-4-3-5-9(14)10(7)15/h3-6H,2,15H2,1H3. The summed E-state index contributed by atoms with van der Waals surface area (Å²) in [6.45, 7) is 2.32. The van der Waals surface area contributed by atoms with Gasteiger partial charge in [-0.2, -0.15) is 5.10 Å². The lowest BCUT2D eigenvalue weighted by molar-refractivity contribution is 0.102. The van der Waals surface area contributed by atoms with Crippen LogP contribution in [-0.2, 0) is 6.54 Å². The monoisotopic (exact) mass is 267 g/mol. The van der Waals surface area contributed by atoms with Crippen LogP contribution in [-0.4, -0.2) is 15.6 Å². The fraction of sp³-hybridized carbons (Fsp3) is 0.167. The Bertz CT molecular complexity index is 609. The second-order valence-corrected chi connectivity index (χ2v) is 4.09. The molecule has 0 unspecified atom stereocenters. The number of ketones is 1. The number of nitrogens with two attached hydrogens (primary N) is 1. The van der Waals surface area contributed by atoms with Crippen molar-refractivity contribution in [2.24, 2.45) is 0 Å². The van der Waals surface area contributed by atoms with Crippen LogP contribution in [0.15, 0.2) is 24.4 Å². The largest absolute Gasteiger partial charge is 0.396 e. The van der Waals surface area contributed by atoms with Gasteiger partial charge in [0.2, 0.25) is 5.78 Å². The van der Waals surface area contributed by atoms with E-state index in [1.54, 1.807) is 0 Å². The summed E-state index contributed by atoms with van der Waals surface area (Å²) in [5, 5.41) is 4.19. The van der Waals surface area contributed by atoms with Gasteiger partial charge in [-0.25, -0.2) is 4.39 Å². The Labute approximate surface area is 108 Å². The SMILES string of the molecule is CCn1ncc(Cl)c1C(=O)c1cccc(F)c1N. The van der Waals surface area contributed by atoms with Gasteiger partial charge in [0.05, 0.1) is 22.5 Å². The number of hydrogen-bond donors (Lipinski definition) is 1. The highest BCUT2D eigenvalue weighted by atomic mass is 35.5. The number of nitrogens with zero attached hydrogens (tertiary/aromatic N) is 2. The first-order valence-electron chi connectivity index (χ1n) is 5.36. The molecule has 0 aliphatic rings. The highest BCUT2D eigenvalue weighted by Crippen LogP contribution is 2.23. The van der Waals surface area contributed by atoms with Gasteiger partial charge in [-0.15, -0.1) is 0 Å². The quantitative estimate of drug-likeness (QED) is 0.687. The van der Waals surface area contributed by atoms with Crippen molar-refractivity contribution in [3.05, 3.63) is 46.5 Å². The molecule has 0 saturated heterocycles. The second kappa shape index (κ2) is 4.78. The summed E-state index contributed by atoms with van der Waals surface area (Å²) in [4.78, 5) is 12.3. The molecule has 0 amide bonds. The van der Waals surface area contributed by atoms with Crippen molar-refractivity contribution in [1.29, 1.82) is 0 Å². The van der Waals surface area contributed by atoms with Gasteiger partial charge in [0.1, 0.15) is 11.5 Å². The van der Waals surface area contributed by atoms with Crippen molar-refractivity contribution in [3.8, 4) is 0 Å². The Morgan fingerprint density at radius 3 is 2.94 bits per heavy atom. The zero-order valence-electron chi connectivity index (χ0n) is 9.65. The number of benzene rings is 1. The molecule has 2 N–H and O–H groups in total. The first-order chi connectivity index (χ1) is 8.56. The van der Waals surface area contributed by atoms with Crippen molar-refractivity contribution in [3.63, 3.8) is 0 Å².